The predicted molar refractivity (Wildman–Crippen MR) is 72.0 cm³/mol. The molecule has 1 atom stereocenters. The van der Waals surface area contributed by atoms with Crippen LogP contribution >= 0.6 is 0 Å². The average Bonchev–Trinajstić information content (AvgIpc) is 2.87. The van der Waals surface area contributed by atoms with Crippen molar-refractivity contribution in [1.29, 1.82) is 0 Å². The lowest BCUT2D eigenvalue weighted by atomic mass is 10.0. The lowest BCUT2D eigenvalue weighted by Crippen LogP contribution is -2.39. The number of aromatic amines is 1. The number of ether oxygens (including phenoxy) is 1. The van der Waals surface area contributed by atoms with Crippen molar-refractivity contribution in [3.8, 4) is 0 Å². The highest BCUT2D eigenvalue weighted by molar-refractivity contribution is 5.84. The van der Waals surface area contributed by atoms with Gasteiger partial charge in [-0.25, -0.2) is 0 Å². The molecule has 5 heteroatoms. The van der Waals surface area contributed by atoms with Crippen LogP contribution < -0.4 is 5.32 Å². The second-order valence-electron chi connectivity index (χ2n) is 4.91. The van der Waals surface area contributed by atoms with Gasteiger partial charge in [0, 0.05) is 31.3 Å². The average molecular weight is 259 g/mol. The van der Waals surface area contributed by atoms with Gasteiger partial charge >= 0.3 is 0 Å². The Morgan fingerprint density at radius 3 is 3.26 bits per heavy atom. The van der Waals surface area contributed by atoms with Crippen LogP contribution in [0.2, 0.25) is 0 Å². The summed E-state index contributed by atoms with van der Waals surface area (Å²) in [4.78, 5) is 12.0. The van der Waals surface area contributed by atoms with Gasteiger partial charge in [-0.1, -0.05) is 12.1 Å². The largest absolute Gasteiger partial charge is 0.375 e. The number of morpholine rings is 1. The van der Waals surface area contributed by atoms with Crippen molar-refractivity contribution >= 4 is 16.7 Å². The molecule has 0 radical (unpaired) electrons. The van der Waals surface area contributed by atoms with E-state index in [1.165, 1.54) is 0 Å². The number of H-pyrrole nitrogens is 1. The van der Waals surface area contributed by atoms with Crippen molar-refractivity contribution in [1.82, 2.24) is 15.5 Å². The third-order valence-corrected chi connectivity index (χ3v) is 3.37. The second-order valence-corrected chi connectivity index (χ2v) is 4.91. The minimum Gasteiger partial charge on any atom is -0.375 e. The van der Waals surface area contributed by atoms with Gasteiger partial charge in [-0.3, -0.25) is 9.89 Å². The third kappa shape index (κ3) is 3.00. The number of ketones is 1. The molecule has 2 heterocycles. The maximum Gasteiger partial charge on any atom is 0.139 e. The number of carbonyl (C=O) groups excluding carboxylic acids is 1. The first-order valence-corrected chi connectivity index (χ1v) is 6.57. The lowest BCUT2D eigenvalue weighted by molar-refractivity contribution is -0.121. The summed E-state index contributed by atoms with van der Waals surface area (Å²) >= 11 is 0. The Morgan fingerprint density at radius 1 is 1.47 bits per heavy atom. The molecule has 3 rings (SSSR count). The first-order valence-electron chi connectivity index (χ1n) is 6.57. The molecule has 1 fully saturated rings. The number of nitrogens with zero attached hydrogens (tertiary/aromatic N) is 1. The maximum atomic E-state index is 12.0. The molecule has 1 aromatic carbocycles. The quantitative estimate of drug-likeness (QED) is 0.861. The van der Waals surface area contributed by atoms with Crippen LogP contribution in [0.3, 0.4) is 0 Å². The summed E-state index contributed by atoms with van der Waals surface area (Å²) in [6.45, 7) is 2.34. The van der Waals surface area contributed by atoms with E-state index in [4.69, 9.17) is 4.74 Å². The Labute approximate surface area is 111 Å². The number of hydrogen-bond donors (Lipinski definition) is 2. The Balaban J connectivity index is 1.61. The number of Topliss-reactive ketones (excluding diaryl/α,β-unsaturated/α-hetero) is 1. The molecule has 100 valence electrons. The number of carbonyl (C=O) groups is 1. The minimum atomic E-state index is 0.0251. The summed E-state index contributed by atoms with van der Waals surface area (Å²) in [5, 5.41) is 11.2. The van der Waals surface area contributed by atoms with Crippen LogP contribution in [0.4, 0.5) is 0 Å². The zero-order valence-electron chi connectivity index (χ0n) is 10.7. The van der Waals surface area contributed by atoms with Crippen LogP contribution in [0.15, 0.2) is 24.4 Å². The maximum absolute atomic E-state index is 12.0. The standard InChI is InChI=1S/C14H17N3O2/c18-12(7-13-9-15-3-4-19-13)5-10-1-2-11-8-16-17-14(11)6-10/h1-2,6,8,13,15H,3-5,7,9H2,(H,16,17). The van der Waals surface area contributed by atoms with Crippen molar-refractivity contribution in [2.45, 2.75) is 18.9 Å². The van der Waals surface area contributed by atoms with Gasteiger partial charge in [0.15, 0.2) is 0 Å². The molecule has 1 unspecified atom stereocenters. The molecule has 1 saturated heterocycles. The summed E-state index contributed by atoms with van der Waals surface area (Å²) in [5.41, 5.74) is 1.99. The van der Waals surface area contributed by atoms with E-state index >= 15 is 0 Å². The summed E-state index contributed by atoms with van der Waals surface area (Å²) in [6, 6.07) is 5.95. The van der Waals surface area contributed by atoms with E-state index in [0.717, 1.165) is 29.6 Å². The molecule has 1 aliphatic rings. The van der Waals surface area contributed by atoms with Crippen molar-refractivity contribution in [2.24, 2.45) is 0 Å². The van der Waals surface area contributed by atoms with Crippen molar-refractivity contribution < 1.29 is 9.53 Å². The van der Waals surface area contributed by atoms with Crippen LogP contribution in [0, 0.1) is 0 Å². The van der Waals surface area contributed by atoms with Gasteiger partial charge in [0.05, 0.1) is 24.4 Å². The van der Waals surface area contributed by atoms with Gasteiger partial charge in [-0.05, 0) is 11.6 Å². The van der Waals surface area contributed by atoms with Crippen LogP contribution in [0.25, 0.3) is 10.9 Å². The zero-order valence-corrected chi connectivity index (χ0v) is 10.7. The number of fused-ring (bicyclic) bond motifs is 1. The van der Waals surface area contributed by atoms with E-state index in [9.17, 15) is 4.79 Å². The molecule has 0 saturated carbocycles. The molecule has 2 N–H and O–H groups in total. The molecule has 0 aliphatic carbocycles. The Bertz CT molecular complexity index is 573. The fraction of sp³-hybridized carbons (Fsp3) is 0.429. The van der Waals surface area contributed by atoms with E-state index < -0.39 is 0 Å². The Kier molecular flexibility index (Phi) is 3.57. The van der Waals surface area contributed by atoms with Crippen molar-refractivity contribution in [3.63, 3.8) is 0 Å². The number of aromatic nitrogens is 2. The van der Waals surface area contributed by atoms with Gasteiger partial charge in [-0.2, -0.15) is 5.10 Å². The fourth-order valence-electron chi connectivity index (χ4n) is 2.40. The summed E-state index contributed by atoms with van der Waals surface area (Å²) in [7, 11) is 0. The smallest absolute Gasteiger partial charge is 0.139 e. The SMILES string of the molecule is O=C(Cc1ccc2cn[nH]c2c1)CC1CNCCO1. The van der Waals surface area contributed by atoms with Crippen LogP contribution in [0.1, 0.15) is 12.0 Å². The van der Waals surface area contributed by atoms with Crippen molar-refractivity contribution in [2.75, 3.05) is 19.7 Å². The molecule has 0 amide bonds. The van der Waals surface area contributed by atoms with Gasteiger partial charge < -0.3 is 10.1 Å². The minimum absolute atomic E-state index is 0.0251. The van der Waals surface area contributed by atoms with Crippen molar-refractivity contribution in [3.05, 3.63) is 30.0 Å². The van der Waals surface area contributed by atoms with Gasteiger partial charge in [0.2, 0.25) is 0 Å². The highest BCUT2D eigenvalue weighted by Crippen LogP contribution is 2.14. The van der Waals surface area contributed by atoms with Crippen LogP contribution in [0.5, 0.6) is 0 Å². The van der Waals surface area contributed by atoms with Gasteiger partial charge in [-0.15, -0.1) is 0 Å². The molecular formula is C14H17N3O2. The predicted octanol–water partition coefficient (Wildman–Crippen LogP) is 1.05. The third-order valence-electron chi connectivity index (χ3n) is 3.37. The van der Waals surface area contributed by atoms with E-state index in [0.29, 0.717) is 19.4 Å². The molecule has 1 aliphatic heterocycles. The topological polar surface area (TPSA) is 67.0 Å². The van der Waals surface area contributed by atoms with Gasteiger partial charge in [0.25, 0.3) is 0 Å². The number of hydrogen-bond acceptors (Lipinski definition) is 4. The van der Waals surface area contributed by atoms with Crippen LogP contribution in [-0.4, -0.2) is 41.8 Å². The zero-order chi connectivity index (χ0) is 13.1. The first-order chi connectivity index (χ1) is 9.31. The van der Waals surface area contributed by atoms with E-state index in [1.54, 1.807) is 6.20 Å². The first kappa shape index (κ1) is 12.3. The van der Waals surface area contributed by atoms with Gasteiger partial charge in [0.1, 0.15) is 5.78 Å². The highest BCUT2D eigenvalue weighted by atomic mass is 16.5. The fourth-order valence-corrected chi connectivity index (χ4v) is 2.40. The lowest BCUT2D eigenvalue weighted by Gasteiger charge is -2.22. The van der Waals surface area contributed by atoms with E-state index in [1.807, 2.05) is 18.2 Å². The second kappa shape index (κ2) is 5.50. The molecule has 0 spiro atoms. The number of rotatable bonds is 4. The molecule has 1 aromatic heterocycles. The Morgan fingerprint density at radius 2 is 2.42 bits per heavy atom. The molecule has 19 heavy (non-hydrogen) atoms. The molecule has 5 nitrogen and oxygen atoms in total. The van der Waals surface area contributed by atoms with E-state index in [2.05, 4.69) is 15.5 Å². The normalized spacial score (nSPS) is 19.7. The van der Waals surface area contributed by atoms with Crippen LogP contribution in [-0.2, 0) is 16.0 Å². The monoisotopic (exact) mass is 259 g/mol. The molecule has 2 aromatic rings. The summed E-state index contributed by atoms with van der Waals surface area (Å²) in [6.07, 6.45) is 2.74. The number of nitrogens with one attached hydrogen (secondary N) is 2. The molecule has 0 bridgehead atoms. The summed E-state index contributed by atoms with van der Waals surface area (Å²) < 4.78 is 5.54. The molecular weight excluding hydrogens is 242 g/mol. The highest BCUT2D eigenvalue weighted by Gasteiger charge is 2.17. The number of benzene rings is 1. The summed E-state index contributed by atoms with van der Waals surface area (Å²) in [5.74, 6) is 0.215. The Hall–Kier alpha value is -1.72. The van der Waals surface area contributed by atoms with E-state index in [-0.39, 0.29) is 11.9 Å².